The van der Waals surface area contributed by atoms with E-state index in [0.29, 0.717) is 11.1 Å². The van der Waals surface area contributed by atoms with Crippen molar-refractivity contribution < 1.29 is 9.32 Å². The molecule has 0 radical (unpaired) electrons. The molecule has 3 unspecified atom stereocenters. The first kappa shape index (κ1) is 39.3. The van der Waals surface area contributed by atoms with Crippen LogP contribution in [-0.4, -0.2) is 19.2 Å². The highest BCUT2D eigenvalue weighted by molar-refractivity contribution is 14.2. The van der Waals surface area contributed by atoms with Crippen LogP contribution in [0.4, 0.5) is 5.69 Å². The van der Waals surface area contributed by atoms with Gasteiger partial charge in [-0.3, -0.25) is 4.90 Å². The van der Waals surface area contributed by atoms with E-state index in [1.54, 1.807) is 0 Å². The van der Waals surface area contributed by atoms with Crippen LogP contribution in [0.2, 0.25) is 0 Å². The fourth-order valence-electron chi connectivity index (χ4n) is 10.9. The number of nitriles is 2. The van der Waals surface area contributed by atoms with E-state index in [1.165, 1.54) is 31.2 Å². The highest BCUT2D eigenvalue weighted by Crippen LogP contribution is 2.46. The molecule has 0 bridgehead atoms. The maximum atomic E-state index is 11.3. The lowest BCUT2D eigenvalue weighted by Crippen LogP contribution is -3.08. The summed E-state index contributed by atoms with van der Waals surface area (Å²) in [7, 11) is 0. The topological polar surface area (TPSA) is 75.0 Å². The van der Waals surface area contributed by atoms with Gasteiger partial charge in [0.2, 0.25) is 0 Å². The molecule has 7 heteroatoms. The van der Waals surface area contributed by atoms with E-state index in [0.717, 1.165) is 82.3 Å². The number of hydrogen-bond acceptors (Lipinski definition) is 3. The van der Waals surface area contributed by atoms with Gasteiger partial charge in [-0.05, 0) is 121 Å². The van der Waals surface area contributed by atoms with Gasteiger partial charge in [-0.15, -0.1) is 0 Å². The van der Waals surface area contributed by atoms with Gasteiger partial charge in [0.15, 0.2) is 9.39 Å². The van der Waals surface area contributed by atoms with Gasteiger partial charge in [-0.25, -0.2) is 0 Å². The number of quaternary nitrogens is 1. The Morgan fingerprint density at radius 3 is 2.19 bits per heavy atom. The third-order valence-corrected chi connectivity index (χ3v) is 16.6. The maximum Gasteiger partial charge on any atom is 0.180 e. The van der Waals surface area contributed by atoms with Crippen LogP contribution in [-0.2, 0) is 0 Å². The summed E-state index contributed by atoms with van der Waals surface area (Å²) in [5, 5.41) is 28.6. The molecule has 13 rings (SSSR count). The van der Waals surface area contributed by atoms with E-state index >= 15 is 0 Å². The lowest BCUT2D eigenvalue weighted by molar-refractivity contribution is -0.795. The summed E-state index contributed by atoms with van der Waals surface area (Å²) in [6, 6.07) is 56.1. The minimum Gasteiger partial charge on any atom is -0.455 e. The second kappa shape index (κ2) is 15.5. The Morgan fingerprint density at radius 1 is 0.687 bits per heavy atom. The molecule has 0 saturated heterocycles. The molecule has 5 heterocycles. The fourth-order valence-corrected chi connectivity index (χ4v) is 13.9. The number of fused-ring (bicyclic) bond motifs is 12. The van der Waals surface area contributed by atoms with Crippen molar-refractivity contribution >= 4 is 102 Å². The Labute approximate surface area is 396 Å². The highest BCUT2D eigenvalue weighted by atomic mass is 127. The summed E-state index contributed by atoms with van der Waals surface area (Å²) in [5.74, 6) is 0.0552. The first-order valence-electron chi connectivity index (χ1n) is 22.5. The van der Waals surface area contributed by atoms with Crippen molar-refractivity contribution in [3.63, 3.8) is 0 Å². The van der Waals surface area contributed by atoms with Gasteiger partial charge in [-0.2, -0.15) is 10.5 Å². The standard InChI is InChI=1S/C60H38IN5O/c1-2-3-5-14-37-23-27-52-46(31-37)47-32-40(38-15-6-4-7-16-38)34-61-60(47)66(52)58-49(36-63)39(35-62)24-28-55(58)65-53-29-25-41(64-50-20-11-8-17-42(50)43-18-9-12-21-51(43)64)33-48(53)57-54(65)30-26-45-44-19-10-13-22-56(44)67-59(45)57/h2-34,46,52H,1H3/p+1. The Bertz CT molecular complexity index is 4040. The molecular formula is C60H39IN5O+. The van der Waals surface area contributed by atoms with E-state index in [9.17, 15) is 10.5 Å². The van der Waals surface area contributed by atoms with Crippen molar-refractivity contribution in [1.29, 1.82) is 10.5 Å². The second-order valence-corrected chi connectivity index (χ2v) is 19.6. The third-order valence-electron chi connectivity index (χ3n) is 13.7. The number of hydrogen-bond donors (Lipinski definition) is 1. The zero-order valence-electron chi connectivity index (χ0n) is 36.3. The molecule has 67 heavy (non-hydrogen) atoms. The van der Waals surface area contributed by atoms with Gasteiger partial charge in [-0.1, -0.05) is 121 Å². The largest absolute Gasteiger partial charge is 0.455 e. The molecule has 7 aromatic carbocycles. The van der Waals surface area contributed by atoms with Gasteiger partial charge >= 0.3 is 0 Å². The number of para-hydroxylation sites is 3. The Morgan fingerprint density at radius 2 is 1.42 bits per heavy atom. The van der Waals surface area contributed by atoms with E-state index < -0.39 is 20.7 Å². The van der Waals surface area contributed by atoms with Crippen LogP contribution in [0.1, 0.15) is 23.6 Å². The van der Waals surface area contributed by atoms with Crippen LogP contribution in [0.3, 0.4) is 0 Å². The van der Waals surface area contributed by atoms with Crippen molar-refractivity contribution in [3.05, 3.63) is 226 Å². The number of furan rings is 1. The number of nitrogens with one attached hydrogen (secondary N) is 1. The molecule has 3 aromatic heterocycles. The monoisotopic (exact) mass is 972 g/mol. The molecule has 10 aromatic rings. The molecule has 316 valence electrons. The highest BCUT2D eigenvalue weighted by Gasteiger charge is 2.47. The zero-order chi connectivity index (χ0) is 44.8. The van der Waals surface area contributed by atoms with E-state index in [-0.39, 0.29) is 12.0 Å². The fraction of sp³-hybridized carbons (Fsp3) is 0.0500. The summed E-state index contributed by atoms with van der Waals surface area (Å²) >= 11 is -0.657. The molecule has 0 saturated carbocycles. The van der Waals surface area contributed by atoms with Crippen molar-refractivity contribution in [2.24, 2.45) is 5.92 Å². The lowest BCUT2D eigenvalue weighted by atomic mass is 9.86. The predicted molar refractivity (Wildman–Crippen MR) is 282 cm³/mol. The molecule has 2 aliphatic heterocycles. The number of rotatable bonds is 6. The van der Waals surface area contributed by atoms with Crippen LogP contribution < -0.4 is 4.90 Å². The van der Waals surface area contributed by atoms with Gasteiger partial charge in [0, 0.05) is 38.2 Å². The maximum absolute atomic E-state index is 11.3. The van der Waals surface area contributed by atoms with Crippen LogP contribution in [0.25, 0.3) is 82.5 Å². The number of nitrogens with zero attached hydrogens (tertiary/aromatic N) is 4. The molecule has 1 N–H and O–H groups in total. The van der Waals surface area contributed by atoms with Crippen molar-refractivity contribution in [3.8, 4) is 23.5 Å². The van der Waals surface area contributed by atoms with E-state index in [1.807, 2.05) is 31.2 Å². The number of halogens is 1. The minimum atomic E-state index is -0.657. The number of allylic oxidation sites excluding steroid dienone is 8. The molecule has 0 amide bonds. The molecule has 3 aliphatic rings. The van der Waals surface area contributed by atoms with Gasteiger partial charge in [0.05, 0.1) is 38.9 Å². The van der Waals surface area contributed by atoms with Gasteiger partial charge < -0.3 is 13.6 Å². The molecule has 3 atom stereocenters. The SMILES string of the molecule is CC=CC=CC1=CC2C3=C(I=CC(c4ccccc4)=C3)[NH+](c3c(-n4c5ccc(-n6c7ccccc7c7ccccc76)cc5c5c6oc7ccccc7c6ccc54)ccc(C#N)c3C#N)C2C=C1. The summed E-state index contributed by atoms with van der Waals surface area (Å²) in [5.41, 5.74) is 14.3. The summed E-state index contributed by atoms with van der Waals surface area (Å²) in [4.78, 5) is 1.14. The van der Waals surface area contributed by atoms with Gasteiger partial charge in [0.25, 0.3) is 0 Å². The third kappa shape index (κ3) is 5.92. The summed E-state index contributed by atoms with van der Waals surface area (Å²) < 4.78 is 15.3. The first-order valence-corrected chi connectivity index (χ1v) is 24.9. The zero-order valence-corrected chi connectivity index (χ0v) is 38.4. The van der Waals surface area contributed by atoms with Crippen molar-refractivity contribution in [2.75, 3.05) is 0 Å². The van der Waals surface area contributed by atoms with Crippen LogP contribution in [0.5, 0.6) is 0 Å². The van der Waals surface area contributed by atoms with E-state index in [4.69, 9.17) is 4.42 Å². The molecule has 0 fully saturated rings. The number of aromatic nitrogens is 2. The summed E-state index contributed by atoms with van der Waals surface area (Å²) in [6.45, 7) is 2.03. The number of benzene rings is 7. The average molecular weight is 973 g/mol. The molecular weight excluding hydrogens is 934 g/mol. The second-order valence-electron chi connectivity index (χ2n) is 17.3. The predicted octanol–water partition coefficient (Wildman–Crippen LogP) is 13.7. The van der Waals surface area contributed by atoms with Crippen LogP contribution >= 0.6 is 20.7 Å². The van der Waals surface area contributed by atoms with E-state index in [2.05, 4.69) is 195 Å². The van der Waals surface area contributed by atoms with Crippen molar-refractivity contribution in [1.82, 2.24) is 9.13 Å². The van der Waals surface area contributed by atoms with Gasteiger partial charge in [0.1, 0.15) is 40.6 Å². The lowest BCUT2D eigenvalue weighted by Gasteiger charge is -2.28. The van der Waals surface area contributed by atoms with Crippen LogP contribution in [0.15, 0.2) is 213 Å². The molecule has 6 nitrogen and oxygen atoms in total. The first-order chi connectivity index (χ1) is 33.1. The smallest absolute Gasteiger partial charge is 0.180 e. The Balaban J connectivity index is 1.11. The average Bonchev–Trinajstić information content (AvgIpc) is 4.12. The van der Waals surface area contributed by atoms with Crippen LogP contribution in [0, 0.1) is 28.6 Å². The molecule has 1 aliphatic carbocycles. The summed E-state index contributed by atoms with van der Waals surface area (Å²) in [6.07, 6.45) is 17.7. The normalized spacial score (nSPS) is 18.0. The quantitative estimate of drug-likeness (QED) is 0.102. The minimum absolute atomic E-state index is 0.0415. The Hall–Kier alpha value is -8.08. The van der Waals surface area contributed by atoms with Crippen molar-refractivity contribution in [2.45, 2.75) is 13.0 Å². The molecule has 0 spiro atoms. The Kier molecular flexibility index (Phi) is 9.11.